The summed E-state index contributed by atoms with van der Waals surface area (Å²) < 4.78 is 5.03. The van der Waals surface area contributed by atoms with Gasteiger partial charge in [0.15, 0.2) is 5.78 Å². The molecule has 0 unspecified atom stereocenters. The van der Waals surface area contributed by atoms with Gasteiger partial charge in [0.25, 0.3) is 0 Å². The Hall–Kier alpha value is -1.64. The summed E-state index contributed by atoms with van der Waals surface area (Å²) in [7, 11) is 0. The molecular weight excluding hydrogens is 192 g/mol. The lowest BCUT2D eigenvalue weighted by molar-refractivity contribution is -0.175. The summed E-state index contributed by atoms with van der Waals surface area (Å²) in [5.41, 5.74) is 0.298. The van der Waals surface area contributed by atoms with Gasteiger partial charge in [-0.2, -0.15) is 0 Å². The highest BCUT2D eigenvalue weighted by Crippen LogP contribution is 2.56. The van der Waals surface area contributed by atoms with Crippen LogP contribution >= 0.6 is 0 Å². The summed E-state index contributed by atoms with van der Waals surface area (Å²) in [6.45, 7) is 0. The number of benzene rings is 1. The number of ether oxygens (including phenoxy) is 1. The topological polar surface area (TPSA) is 43.4 Å². The number of hydrogen-bond donors (Lipinski definition) is 0. The molecule has 1 aromatic carbocycles. The third kappa shape index (κ3) is 1.19. The molecule has 2 atom stereocenters. The van der Waals surface area contributed by atoms with Crippen molar-refractivity contribution in [3.8, 4) is 0 Å². The van der Waals surface area contributed by atoms with Gasteiger partial charge in [0.05, 0.1) is 12.3 Å². The molecule has 2 aliphatic rings. The molecule has 0 radical (unpaired) electrons. The van der Waals surface area contributed by atoms with Crippen LogP contribution in [0.5, 0.6) is 0 Å². The standard InChI is InChI=1S/C12H10O3/c13-10-7-12(15-10)6-9(12)11(14)8-4-2-1-3-5-8/h1-5,9H,6-7H2/t9-,12+/m0/s1. The predicted octanol–water partition coefficient (Wildman–Crippen LogP) is 1.57. The van der Waals surface area contributed by atoms with Gasteiger partial charge < -0.3 is 4.74 Å². The van der Waals surface area contributed by atoms with Gasteiger partial charge in [-0.15, -0.1) is 0 Å². The highest BCUT2D eigenvalue weighted by Gasteiger charge is 2.67. The number of ketones is 1. The highest BCUT2D eigenvalue weighted by molar-refractivity contribution is 6.02. The van der Waals surface area contributed by atoms with Crippen molar-refractivity contribution in [1.29, 1.82) is 0 Å². The third-order valence-corrected chi connectivity index (χ3v) is 3.16. The van der Waals surface area contributed by atoms with Crippen molar-refractivity contribution in [1.82, 2.24) is 0 Å². The lowest BCUT2D eigenvalue weighted by Gasteiger charge is -2.26. The Balaban J connectivity index is 1.76. The fraction of sp³-hybridized carbons (Fsp3) is 0.333. The van der Waals surface area contributed by atoms with Gasteiger partial charge in [-0.1, -0.05) is 30.3 Å². The molecule has 1 spiro atoms. The molecule has 1 aliphatic heterocycles. The van der Waals surface area contributed by atoms with Crippen LogP contribution in [0.1, 0.15) is 23.2 Å². The quantitative estimate of drug-likeness (QED) is 0.540. The van der Waals surface area contributed by atoms with Gasteiger partial charge in [-0.05, 0) is 0 Å². The first-order valence-electron chi connectivity index (χ1n) is 5.02. The van der Waals surface area contributed by atoms with Gasteiger partial charge in [0.2, 0.25) is 0 Å². The van der Waals surface area contributed by atoms with Crippen molar-refractivity contribution in [2.24, 2.45) is 5.92 Å². The molecule has 0 aromatic heterocycles. The molecule has 1 aromatic rings. The molecule has 1 aliphatic carbocycles. The maximum Gasteiger partial charge on any atom is 0.310 e. The zero-order chi connectivity index (χ0) is 10.5. The van der Waals surface area contributed by atoms with Gasteiger partial charge >= 0.3 is 5.97 Å². The Kier molecular flexibility index (Phi) is 1.55. The maximum absolute atomic E-state index is 11.9. The predicted molar refractivity (Wildman–Crippen MR) is 52.3 cm³/mol. The molecule has 2 fully saturated rings. The van der Waals surface area contributed by atoms with E-state index in [1.807, 2.05) is 18.2 Å². The number of carbonyl (C=O) groups is 2. The van der Waals surface area contributed by atoms with Crippen LogP contribution in [-0.2, 0) is 9.53 Å². The molecule has 1 saturated carbocycles. The highest BCUT2D eigenvalue weighted by atomic mass is 16.6. The summed E-state index contributed by atoms with van der Waals surface area (Å²) in [5, 5.41) is 0. The molecule has 1 saturated heterocycles. The second-order valence-corrected chi connectivity index (χ2v) is 4.20. The minimum Gasteiger partial charge on any atom is -0.458 e. The smallest absolute Gasteiger partial charge is 0.310 e. The zero-order valence-electron chi connectivity index (χ0n) is 8.10. The lowest BCUT2D eigenvalue weighted by atomic mass is 10.0. The molecule has 15 heavy (non-hydrogen) atoms. The van der Waals surface area contributed by atoms with Crippen LogP contribution in [0.4, 0.5) is 0 Å². The van der Waals surface area contributed by atoms with Gasteiger partial charge in [-0.25, -0.2) is 0 Å². The Morgan fingerprint density at radius 1 is 1.33 bits per heavy atom. The zero-order valence-corrected chi connectivity index (χ0v) is 8.10. The van der Waals surface area contributed by atoms with E-state index >= 15 is 0 Å². The van der Waals surface area contributed by atoms with Crippen LogP contribution in [0.25, 0.3) is 0 Å². The van der Waals surface area contributed by atoms with Crippen molar-refractivity contribution in [2.75, 3.05) is 0 Å². The molecule has 76 valence electrons. The van der Waals surface area contributed by atoms with E-state index < -0.39 is 5.60 Å². The first kappa shape index (κ1) is 8.65. The van der Waals surface area contributed by atoms with Gasteiger partial charge in [0, 0.05) is 12.0 Å². The molecular formula is C12H10O3. The Morgan fingerprint density at radius 3 is 2.60 bits per heavy atom. The van der Waals surface area contributed by atoms with Crippen molar-refractivity contribution < 1.29 is 14.3 Å². The van der Waals surface area contributed by atoms with Crippen molar-refractivity contribution >= 4 is 11.8 Å². The van der Waals surface area contributed by atoms with E-state index in [1.54, 1.807) is 12.1 Å². The average molecular weight is 202 g/mol. The van der Waals surface area contributed by atoms with Crippen LogP contribution in [0.2, 0.25) is 0 Å². The van der Waals surface area contributed by atoms with Gasteiger partial charge in [0.1, 0.15) is 5.60 Å². The third-order valence-electron chi connectivity index (χ3n) is 3.16. The molecule has 3 rings (SSSR count). The summed E-state index contributed by atoms with van der Waals surface area (Å²) in [6, 6.07) is 9.16. The van der Waals surface area contributed by atoms with Crippen molar-refractivity contribution in [3.63, 3.8) is 0 Å². The van der Waals surface area contributed by atoms with Crippen LogP contribution in [0, 0.1) is 5.92 Å². The summed E-state index contributed by atoms with van der Waals surface area (Å²) >= 11 is 0. The molecule has 0 bridgehead atoms. The minimum atomic E-state index is -0.413. The number of Topliss-reactive ketones (excluding diaryl/α,β-unsaturated/α-hetero) is 1. The Labute approximate surface area is 87.0 Å². The molecule has 0 N–H and O–H groups in total. The largest absolute Gasteiger partial charge is 0.458 e. The van der Waals surface area contributed by atoms with Crippen molar-refractivity contribution in [2.45, 2.75) is 18.4 Å². The number of esters is 1. The molecule has 3 heteroatoms. The molecule has 1 heterocycles. The normalized spacial score (nSPS) is 32.0. The molecule has 3 nitrogen and oxygen atoms in total. The van der Waals surface area contributed by atoms with E-state index in [-0.39, 0.29) is 17.7 Å². The SMILES string of the molecule is O=C1C[C@@]2(C[C@H]2C(=O)c2ccccc2)O1. The summed E-state index contributed by atoms with van der Waals surface area (Å²) in [5.74, 6) is -0.181. The number of carbonyl (C=O) groups excluding carboxylic acids is 2. The second-order valence-electron chi connectivity index (χ2n) is 4.20. The van der Waals surface area contributed by atoms with E-state index in [2.05, 4.69) is 0 Å². The molecule has 0 amide bonds. The Morgan fingerprint density at radius 2 is 2.00 bits per heavy atom. The Bertz CT molecular complexity index is 427. The van der Waals surface area contributed by atoms with Crippen LogP contribution < -0.4 is 0 Å². The van der Waals surface area contributed by atoms with E-state index in [0.29, 0.717) is 18.4 Å². The van der Waals surface area contributed by atoms with Gasteiger partial charge in [-0.3, -0.25) is 9.59 Å². The second kappa shape index (κ2) is 2.69. The first-order chi connectivity index (χ1) is 7.21. The van der Waals surface area contributed by atoms with E-state index in [1.165, 1.54) is 0 Å². The first-order valence-corrected chi connectivity index (χ1v) is 5.02. The van der Waals surface area contributed by atoms with E-state index in [0.717, 1.165) is 0 Å². The fourth-order valence-electron chi connectivity index (χ4n) is 2.19. The monoisotopic (exact) mass is 202 g/mol. The maximum atomic E-state index is 11.9. The van der Waals surface area contributed by atoms with Crippen LogP contribution in [-0.4, -0.2) is 17.4 Å². The van der Waals surface area contributed by atoms with Crippen LogP contribution in [0.3, 0.4) is 0 Å². The minimum absolute atomic E-state index is 0.0994. The lowest BCUT2D eigenvalue weighted by Crippen LogP contribution is -2.38. The summed E-state index contributed by atoms with van der Waals surface area (Å²) in [4.78, 5) is 22.7. The van der Waals surface area contributed by atoms with E-state index in [9.17, 15) is 9.59 Å². The number of hydrogen-bond acceptors (Lipinski definition) is 3. The number of rotatable bonds is 2. The van der Waals surface area contributed by atoms with Crippen molar-refractivity contribution in [3.05, 3.63) is 35.9 Å². The average Bonchev–Trinajstić information content (AvgIpc) is 2.93. The van der Waals surface area contributed by atoms with E-state index in [4.69, 9.17) is 4.74 Å². The summed E-state index contributed by atoms with van der Waals surface area (Å²) in [6.07, 6.45) is 1.11. The fourth-order valence-corrected chi connectivity index (χ4v) is 2.19. The van der Waals surface area contributed by atoms with Crippen LogP contribution in [0.15, 0.2) is 30.3 Å².